The predicted molar refractivity (Wildman–Crippen MR) is 52.7 cm³/mol. The number of aromatic nitrogens is 2. The van der Waals surface area contributed by atoms with Gasteiger partial charge in [0, 0.05) is 19.5 Å². The first-order valence-corrected chi connectivity index (χ1v) is 4.33. The molecular formula is C9H9FN2S. The summed E-state index contributed by atoms with van der Waals surface area (Å²) in [5.41, 5.74) is 0.953. The van der Waals surface area contributed by atoms with Crippen molar-refractivity contribution in [2.75, 3.05) is 0 Å². The van der Waals surface area contributed by atoms with Crippen LogP contribution >= 0.6 is 12.2 Å². The third-order valence-electron chi connectivity index (χ3n) is 2.28. The first kappa shape index (κ1) is 8.44. The minimum Gasteiger partial charge on any atom is -0.287 e. The van der Waals surface area contributed by atoms with E-state index in [1.165, 1.54) is 12.1 Å². The number of fused-ring (bicyclic) bond motifs is 1. The summed E-state index contributed by atoms with van der Waals surface area (Å²) in [7, 11) is 3.76. The van der Waals surface area contributed by atoms with Crippen molar-refractivity contribution < 1.29 is 4.39 Å². The molecule has 68 valence electrons. The van der Waals surface area contributed by atoms with E-state index < -0.39 is 0 Å². The molecule has 0 N–H and O–H groups in total. The Morgan fingerprint density at radius 3 is 2.62 bits per heavy atom. The number of rotatable bonds is 0. The molecule has 0 bridgehead atoms. The molecule has 1 heterocycles. The Morgan fingerprint density at radius 2 is 1.92 bits per heavy atom. The van der Waals surface area contributed by atoms with Crippen molar-refractivity contribution in [1.29, 1.82) is 0 Å². The lowest BCUT2D eigenvalue weighted by Crippen LogP contribution is -2.02. The summed E-state index contributed by atoms with van der Waals surface area (Å²) in [5.74, 6) is -0.246. The molecule has 1 aromatic carbocycles. The first-order valence-electron chi connectivity index (χ1n) is 3.92. The number of benzene rings is 1. The van der Waals surface area contributed by atoms with Crippen molar-refractivity contribution >= 4 is 23.1 Å². The summed E-state index contributed by atoms with van der Waals surface area (Å²) in [6.07, 6.45) is 0. The summed E-state index contributed by atoms with van der Waals surface area (Å²) < 4.78 is 17.3. The van der Waals surface area contributed by atoms with E-state index in [9.17, 15) is 4.39 Å². The van der Waals surface area contributed by atoms with Gasteiger partial charge < -0.3 is 0 Å². The molecule has 2 aromatic rings. The fourth-order valence-electron chi connectivity index (χ4n) is 1.43. The van der Waals surface area contributed by atoms with Crippen LogP contribution in [0.25, 0.3) is 10.9 Å². The van der Waals surface area contributed by atoms with Gasteiger partial charge in [0.25, 0.3) is 0 Å². The van der Waals surface area contributed by atoms with Gasteiger partial charge in [-0.15, -0.1) is 0 Å². The van der Waals surface area contributed by atoms with Crippen LogP contribution in [0.4, 0.5) is 4.39 Å². The average Bonchev–Trinajstić information content (AvgIpc) is 2.32. The topological polar surface area (TPSA) is 9.86 Å². The minimum absolute atomic E-state index is 0.246. The maximum Gasteiger partial charge on any atom is 0.129 e. The van der Waals surface area contributed by atoms with Crippen LogP contribution in [0, 0.1) is 10.5 Å². The van der Waals surface area contributed by atoms with Crippen LogP contribution in [0.3, 0.4) is 0 Å². The van der Waals surface area contributed by atoms with E-state index in [2.05, 4.69) is 0 Å². The van der Waals surface area contributed by atoms with Gasteiger partial charge in [-0.3, -0.25) is 9.36 Å². The van der Waals surface area contributed by atoms with Gasteiger partial charge in [-0.2, -0.15) is 0 Å². The van der Waals surface area contributed by atoms with Gasteiger partial charge in [0.15, 0.2) is 0 Å². The summed E-state index contributed by atoms with van der Waals surface area (Å²) in [6, 6.07) is 4.65. The molecule has 0 saturated heterocycles. The van der Waals surface area contributed by atoms with Gasteiger partial charge in [0.2, 0.25) is 0 Å². The zero-order valence-corrected chi connectivity index (χ0v) is 8.23. The molecule has 2 rings (SSSR count). The van der Waals surface area contributed by atoms with Crippen molar-refractivity contribution in [3.63, 3.8) is 0 Å². The molecule has 0 unspecified atom stereocenters. The summed E-state index contributed by atoms with van der Waals surface area (Å²) in [4.78, 5) is 0. The van der Waals surface area contributed by atoms with Crippen LogP contribution in [-0.2, 0) is 14.1 Å². The Bertz CT molecular complexity index is 524. The van der Waals surface area contributed by atoms with Gasteiger partial charge in [-0.25, -0.2) is 4.39 Å². The SMILES string of the molecule is Cn1c(=S)c2cc(F)ccc2n1C. The van der Waals surface area contributed by atoms with Gasteiger partial charge in [-0.05, 0) is 18.2 Å². The van der Waals surface area contributed by atoms with Crippen LogP contribution in [0.15, 0.2) is 18.2 Å². The van der Waals surface area contributed by atoms with Crippen LogP contribution in [0.5, 0.6) is 0 Å². The van der Waals surface area contributed by atoms with Crippen LogP contribution in [0.1, 0.15) is 0 Å². The maximum absolute atomic E-state index is 12.9. The number of nitrogens with zero attached hydrogens (tertiary/aromatic N) is 2. The second-order valence-electron chi connectivity index (χ2n) is 3.01. The molecule has 13 heavy (non-hydrogen) atoms. The molecule has 0 fully saturated rings. The summed E-state index contributed by atoms with van der Waals surface area (Å²) in [6.45, 7) is 0. The minimum atomic E-state index is -0.246. The smallest absolute Gasteiger partial charge is 0.129 e. The lowest BCUT2D eigenvalue weighted by Gasteiger charge is -1.99. The maximum atomic E-state index is 12.9. The summed E-state index contributed by atoms with van der Waals surface area (Å²) in [5, 5.41) is 0.792. The number of hydrogen-bond donors (Lipinski definition) is 0. The van der Waals surface area contributed by atoms with Crippen molar-refractivity contribution in [1.82, 2.24) is 9.36 Å². The standard InChI is InChI=1S/C9H9FN2S/c1-11-8-4-3-6(10)5-7(8)9(13)12(11)2/h3-5H,1-2H3. The Morgan fingerprint density at radius 1 is 1.23 bits per heavy atom. The van der Waals surface area contributed by atoms with Crippen molar-refractivity contribution in [3.05, 3.63) is 28.7 Å². The fraction of sp³-hybridized carbons (Fsp3) is 0.222. The summed E-state index contributed by atoms with van der Waals surface area (Å²) >= 11 is 5.15. The van der Waals surface area contributed by atoms with E-state index in [0.717, 1.165) is 10.9 Å². The van der Waals surface area contributed by atoms with Crippen LogP contribution < -0.4 is 0 Å². The van der Waals surface area contributed by atoms with Crippen molar-refractivity contribution in [2.45, 2.75) is 0 Å². The molecule has 0 atom stereocenters. The highest BCUT2D eigenvalue weighted by atomic mass is 32.1. The van der Waals surface area contributed by atoms with Crippen molar-refractivity contribution in [2.24, 2.45) is 14.1 Å². The second-order valence-corrected chi connectivity index (χ2v) is 3.40. The largest absolute Gasteiger partial charge is 0.287 e. The third kappa shape index (κ3) is 1.09. The first-order chi connectivity index (χ1) is 6.11. The fourth-order valence-corrected chi connectivity index (χ4v) is 1.72. The van der Waals surface area contributed by atoms with E-state index in [0.29, 0.717) is 4.64 Å². The highest BCUT2D eigenvalue weighted by Gasteiger charge is 2.04. The average molecular weight is 196 g/mol. The van der Waals surface area contributed by atoms with Gasteiger partial charge in [0.05, 0.1) is 5.52 Å². The van der Waals surface area contributed by atoms with Crippen molar-refractivity contribution in [3.8, 4) is 0 Å². The second kappa shape index (κ2) is 2.67. The zero-order chi connectivity index (χ0) is 9.59. The van der Waals surface area contributed by atoms with Gasteiger partial charge in [0.1, 0.15) is 10.5 Å². The molecule has 0 aliphatic rings. The molecule has 0 aliphatic heterocycles. The molecule has 4 heteroatoms. The van der Waals surface area contributed by atoms with Gasteiger partial charge >= 0.3 is 0 Å². The quantitative estimate of drug-likeness (QED) is 0.588. The lowest BCUT2D eigenvalue weighted by molar-refractivity contribution is 0.605. The van der Waals surface area contributed by atoms with E-state index in [-0.39, 0.29) is 5.82 Å². The number of aryl methyl sites for hydroxylation is 1. The molecule has 0 aliphatic carbocycles. The third-order valence-corrected chi connectivity index (χ3v) is 2.77. The molecule has 1 aromatic heterocycles. The molecular weight excluding hydrogens is 187 g/mol. The van der Waals surface area contributed by atoms with E-state index in [1.807, 2.05) is 23.5 Å². The highest BCUT2D eigenvalue weighted by molar-refractivity contribution is 7.71. The Kier molecular flexibility index (Phi) is 1.73. The zero-order valence-electron chi connectivity index (χ0n) is 7.41. The van der Waals surface area contributed by atoms with Crippen LogP contribution in [-0.4, -0.2) is 9.36 Å². The van der Waals surface area contributed by atoms with E-state index in [4.69, 9.17) is 12.2 Å². The highest BCUT2D eigenvalue weighted by Crippen LogP contribution is 2.17. The molecule has 0 amide bonds. The van der Waals surface area contributed by atoms with E-state index >= 15 is 0 Å². The van der Waals surface area contributed by atoms with Crippen LogP contribution in [0.2, 0.25) is 0 Å². The van der Waals surface area contributed by atoms with E-state index in [1.54, 1.807) is 6.07 Å². The molecule has 2 nitrogen and oxygen atoms in total. The molecule has 0 spiro atoms. The Hall–Kier alpha value is -1.16. The normalized spacial score (nSPS) is 11.0. The number of halogens is 1. The Labute approximate surface area is 80.2 Å². The number of hydrogen-bond acceptors (Lipinski definition) is 1. The molecule has 0 saturated carbocycles. The predicted octanol–water partition coefficient (Wildman–Crippen LogP) is 2.39. The monoisotopic (exact) mass is 196 g/mol. The Balaban J connectivity index is 3.04. The van der Waals surface area contributed by atoms with Gasteiger partial charge in [-0.1, -0.05) is 12.2 Å². The molecule has 0 radical (unpaired) electrons. The lowest BCUT2D eigenvalue weighted by atomic mass is 10.2.